The molecule has 1 aromatic rings. The first-order valence-electron chi connectivity index (χ1n) is 5.84. The van der Waals surface area contributed by atoms with Crippen LogP contribution in [0.4, 0.5) is 0 Å². The van der Waals surface area contributed by atoms with E-state index < -0.39 is 0 Å². The van der Waals surface area contributed by atoms with E-state index in [-0.39, 0.29) is 6.04 Å². The number of hydrazine groups is 1. The highest BCUT2D eigenvalue weighted by molar-refractivity contribution is 6.33. The molecule has 4 heteroatoms. The van der Waals surface area contributed by atoms with Gasteiger partial charge in [0.25, 0.3) is 0 Å². The van der Waals surface area contributed by atoms with Gasteiger partial charge in [0.05, 0.1) is 0 Å². The maximum absolute atomic E-state index is 6.17. The van der Waals surface area contributed by atoms with E-state index in [1.165, 1.54) is 6.42 Å². The second kappa shape index (κ2) is 4.77. The number of nitrogens with one attached hydrogen (secondary N) is 1. The van der Waals surface area contributed by atoms with Crippen molar-refractivity contribution in [3.63, 3.8) is 0 Å². The van der Waals surface area contributed by atoms with Crippen LogP contribution in [0.25, 0.3) is 0 Å². The van der Waals surface area contributed by atoms with Crippen LogP contribution in [-0.4, -0.2) is 6.04 Å². The summed E-state index contributed by atoms with van der Waals surface area (Å²) in [4.78, 5) is 0. The molecule has 3 N–H and O–H groups in total. The molecule has 17 heavy (non-hydrogen) atoms. The van der Waals surface area contributed by atoms with Gasteiger partial charge in [-0.3, -0.25) is 11.3 Å². The zero-order valence-corrected chi connectivity index (χ0v) is 11.6. The van der Waals surface area contributed by atoms with Gasteiger partial charge in [0.1, 0.15) is 0 Å². The van der Waals surface area contributed by atoms with Crippen molar-refractivity contribution in [2.24, 2.45) is 17.2 Å². The molecule has 1 aliphatic rings. The van der Waals surface area contributed by atoms with Gasteiger partial charge in [-0.15, -0.1) is 0 Å². The molecule has 0 aromatic heterocycles. The third-order valence-electron chi connectivity index (χ3n) is 3.74. The molecule has 0 amide bonds. The van der Waals surface area contributed by atoms with E-state index in [0.717, 1.165) is 22.0 Å². The van der Waals surface area contributed by atoms with Crippen LogP contribution in [0.2, 0.25) is 10.0 Å². The highest BCUT2D eigenvalue weighted by atomic mass is 35.5. The highest BCUT2D eigenvalue weighted by Gasteiger charge is 2.49. The van der Waals surface area contributed by atoms with Gasteiger partial charge in [-0.05, 0) is 47.9 Å². The van der Waals surface area contributed by atoms with E-state index in [2.05, 4.69) is 19.3 Å². The Kier molecular flexibility index (Phi) is 3.69. The molecule has 1 aromatic carbocycles. The van der Waals surface area contributed by atoms with Gasteiger partial charge in [-0.1, -0.05) is 37.0 Å². The maximum atomic E-state index is 6.17. The zero-order chi connectivity index (χ0) is 12.6. The maximum Gasteiger partial charge on any atom is 0.0439 e. The monoisotopic (exact) mass is 272 g/mol. The van der Waals surface area contributed by atoms with Crippen LogP contribution in [0.15, 0.2) is 18.2 Å². The fraction of sp³-hybridized carbons (Fsp3) is 0.538. The van der Waals surface area contributed by atoms with Crippen LogP contribution in [0.3, 0.4) is 0 Å². The van der Waals surface area contributed by atoms with Gasteiger partial charge in [0.15, 0.2) is 0 Å². The molecule has 2 unspecified atom stereocenters. The van der Waals surface area contributed by atoms with Crippen LogP contribution in [0.1, 0.15) is 25.8 Å². The van der Waals surface area contributed by atoms with E-state index >= 15 is 0 Å². The second-order valence-electron chi connectivity index (χ2n) is 5.51. The number of benzene rings is 1. The molecule has 2 atom stereocenters. The van der Waals surface area contributed by atoms with Gasteiger partial charge in [-0.25, -0.2) is 0 Å². The van der Waals surface area contributed by atoms with Gasteiger partial charge in [0, 0.05) is 16.1 Å². The van der Waals surface area contributed by atoms with Crippen LogP contribution in [0.5, 0.6) is 0 Å². The fourth-order valence-electron chi connectivity index (χ4n) is 2.45. The van der Waals surface area contributed by atoms with Gasteiger partial charge in [-0.2, -0.15) is 0 Å². The lowest BCUT2D eigenvalue weighted by Crippen LogP contribution is -2.39. The van der Waals surface area contributed by atoms with Crippen LogP contribution < -0.4 is 11.3 Å². The third-order valence-corrected chi connectivity index (χ3v) is 4.34. The second-order valence-corrected chi connectivity index (χ2v) is 6.36. The normalized spacial score (nSPS) is 23.5. The Balaban J connectivity index is 2.11. The predicted molar refractivity (Wildman–Crippen MR) is 73.2 cm³/mol. The molecule has 1 aliphatic carbocycles. The number of rotatable bonds is 4. The van der Waals surface area contributed by atoms with Crippen LogP contribution >= 0.6 is 23.2 Å². The first kappa shape index (κ1) is 13.2. The first-order valence-corrected chi connectivity index (χ1v) is 6.59. The Morgan fingerprint density at radius 3 is 2.65 bits per heavy atom. The predicted octanol–water partition coefficient (Wildman–Crippen LogP) is 3.41. The molecule has 2 rings (SSSR count). The van der Waals surface area contributed by atoms with E-state index in [0.29, 0.717) is 11.3 Å². The average Bonchev–Trinajstić information content (AvgIpc) is 2.89. The number of halogens is 2. The largest absolute Gasteiger partial charge is 0.271 e. The summed E-state index contributed by atoms with van der Waals surface area (Å²) in [6, 6.07) is 5.83. The first-order chi connectivity index (χ1) is 7.94. The molecule has 0 aliphatic heterocycles. The number of nitrogens with two attached hydrogens (primary N) is 1. The summed E-state index contributed by atoms with van der Waals surface area (Å²) in [5.74, 6) is 6.26. The molecule has 2 nitrogen and oxygen atoms in total. The minimum Gasteiger partial charge on any atom is -0.271 e. The minimum atomic E-state index is 0.265. The number of hydrogen-bond acceptors (Lipinski definition) is 2. The topological polar surface area (TPSA) is 38.0 Å². The van der Waals surface area contributed by atoms with Crippen molar-refractivity contribution >= 4 is 23.2 Å². The summed E-state index contributed by atoms with van der Waals surface area (Å²) >= 11 is 12.2. The van der Waals surface area contributed by atoms with Gasteiger partial charge < -0.3 is 0 Å². The van der Waals surface area contributed by atoms with E-state index in [1.54, 1.807) is 6.07 Å². The van der Waals surface area contributed by atoms with Crippen molar-refractivity contribution in [1.82, 2.24) is 5.43 Å². The van der Waals surface area contributed by atoms with Crippen molar-refractivity contribution in [3.8, 4) is 0 Å². The Hall–Kier alpha value is -0.280. The van der Waals surface area contributed by atoms with Gasteiger partial charge in [0.2, 0.25) is 0 Å². The molecule has 0 spiro atoms. The summed E-state index contributed by atoms with van der Waals surface area (Å²) in [7, 11) is 0. The standard InChI is InChI=1S/C13H18Cl2N2/c1-13(2)7-10(13)12(17-16)6-8-5-9(14)3-4-11(8)15/h3-5,10,12,17H,6-7,16H2,1-2H3. The van der Waals surface area contributed by atoms with Crippen molar-refractivity contribution < 1.29 is 0 Å². The average molecular weight is 273 g/mol. The third kappa shape index (κ3) is 2.94. The molecule has 0 saturated heterocycles. The molecule has 1 saturated carbocycles. The highest BCUT2D eigenvalue weighted by Crippen LogP contribution is 2.54. The zero-order valence-electron chi connectivity index (χ0n) is 10.1. The summed E-state index contributed by atoms with van der Waals surface area (Å²) in [5.41, 5.74) is 4.36. The smallest absolute Gasteiger partial charge is 0.0439 e. The summed E-state index contributed by atoms with van der Waals surface area (Å²) in [6.45, 7) is 4.53. The van der Waals surface area contributed by atoms with Crippen molar-refractivity contribution in [2.75, 3.05) is 0 Å². The fourth-order valence-corrected chi connectivity index (χ4v) is 2.84. The van der Waals surface area contributed by atoms with Crippen molar-refractivity contribution in [3.05, 3.63) is 33.8 Å². The molecule has 0 radical (unpaired) electrons. The summed E-state index contributed by atoms with van der Waals surface area (Å²) in [6.07, 6.45) is 2.03. The van der Waals surface area contributed by atoms with E-state index in [9.17, 15) is 0 Å². The SMILES string of the molecule is CC1(C)CC1C(Cc1cc(Cl)ccc1Cl)NN. The van der Waals surface area contributed by atoms with Gasteiger partial charge >= 0.3 is 0 Å². The number of hydrogen-bond donors (Lipinski definition) is 2. The van der Waals surface area contributed by atoms with Crippen LogP contribution in [0, 0.1) is 11.3 Å². The lowest BCUT2D eigenvalue weighted by molar-refractivity contribution is 0.409. The molecular weight excluding hydrogens is 255 g/mol. The Labute approximate surface area is 112 Å². The van der Waals surface area contributed by atoms with Crippen molar-refractivity contribution in [1.29, 1.82) is 0 Å². The van der Waals surface area contributed by atoms with Crippen molar-refractivity contribution in [2.45, 2.75) is 32.7 Å². The lowest BCUT2D eigenvalue weighted by atomic mass is 9.98. The minimum absolute atomic E-state index is 0.265. The molecule has 1 fully saturated rings. The molecule has 94 valence electrons. The summed E-state index contributed by atoms with van der Waals surface area (Å²) in [5, 5.41) is 1.48. The van der Waals surface area contributed by atoms with E-state index in [1.807, 2.05) is 12.1 Å². The Morgan fingerprint density at radius 1 is 1.47 bits per heavy atom. The quantitative estimate of drug-likeness (QED) is 0.651. The van der Waals surface area contributed by atoms with Crippen LogP contribution in [-0.2, 0) is 6.42 Å². The lowest BCUT2D eigenvalue weighted by Gasteiger charge is -2.18. The van der Waals surface area contributed by atoms with E-state index in [4.69, 9.17) is 29.0 Å². The Bertz CT molecular complexity index is 418. The Morgan fingerprint density at radius 2 is 2.12 bits per heavy atom. The molecule has 0 heterocycles. The summed E-state index contributed by atoms with van der Waals surface area (Å²) < 4.78 is 0. The molecular formula is C13H18Cl2N2. The molecule has 0 bridgehead atoms.